The number of nitrogens with one attached hydrogen (secondary N) is 2. The third-order valence-electron chi connectivity index (χ3n) is 5.30. The van der Waals surface area contributed by atoms with Gasteiger partial charge in [0.25, 0.3) is 0 Å². The molecule has 1 aliphatic heterocycles. The Balaban J connectivity index is 1.66. The highest BCUT2D eigenvalue weighted by atomic mass is 32.1. The largest absolute Gasteiger partial charge is 0.369 e. The van der Waals surface area contributed by atoms with Crippen molar-refractivity contribution in [2.24, 2.45) is 0 Å². The zero-order valence-electron chi connectivity index (χ0n) is 16.7. The molecule has 1 saturated heterocycles. The molecule has 5 rings (SSSR count). The highest BCUT2D eigenvalue weighted by Gasteiger charge is 2.23. The van der Waals surface area contributed by atoms with Gasteiger partial charge in [-0.2, -0.15) is 0 Å². The van der Waals surface area contributed by atoms with E-state index >= 15 is 0 Å². The molecule has 0 amide bonds. The van der Waals surface area contributed by atoms with Gasteiger partial charge in [0, 0.05) is 29.3 Å². The molecule has 0 radical (unpaired) electrons. The van der Waals surface area contributed by atoms with E-state index in [9.17, 15) is 0 Å². The molecular formula is C23H24N4OS. The molecule has 148 valence electrons. The predicted octanol–water partition coefficient (Wildman–Crippen LogP) is 5.39. The normalized spacial score (nSPS) is 19.1. The van der Waals surface area contributed by atoms with Crippen molar-refractivity contribution in [1.29, 1.82) is 0 Å². The summed E-state index contributed by atoms with van der Waals surface area (Å²) >= 11 is 1.70. The number of hydrogen-bond donors (Lipinski definition) is 2. The Morgan fingerprint density at radius 3 is 2.86 bits per heavy atom. The summed E-state index contributed by atoms with van der Waals surface area (Å²) in [5, 5.41) is 0.995. The minimum absolute atomic E-state index is 0.274. The van der Waals surface area contributed by atoms with Crippen LogP contribution in [0.25, 0.3) is 26.7 Å². The van der Waals surface area contributed by atoms with Crippen molar-refractivity contribution in [1.82, 2.24) is 19.9 Å². The van der Waals surface area contributed by atoms with Crippen LogP contribution in [0.5, 0.6) is 0 Å². The number of hydrogen-bond acceptors (Lipinski definition) is 4. The first kappa shape index (κ1) is 18.3. The topological polar surface area (TPSA) is 69.9 Å². The Labute approximate surface area is 174 Å². The van der Waals surface area contributed by atoms with Crippen LogP contribution >= 0.6 is 11.3 Å². The summed E-state index contributed by atoms with van der Waals surface area (Å²) in [4.78, 5) is 17.6. The van der Waals surface area contributed by atoms with Crippen LogP contribution in [0.2, 0.25) is 0 Å². The van der Waals surface area contributed by atoms with Crippen molar-refractivity contribution in [2.75, 3.05) is 6.61 Å². The van der Waals surface area contributed by atoms with Crippen LogP contribution in [-0.4, -0.2) is 32.6 Å². The number of nitrogens with zero attached hydrogens (tertiary/aromatic N) is 2. The van der Waals surface area contributed by atoms with E-state index in [1.807, 2.05) is 12.3 Å². The summed E-state index contributed by atoms with van der Waals surface area (Å²) in [6.45, 7) is 5.03. The molecule has 0 bridgehead atoms. The SMILES string of the molecule is Cc1ccc(-c2sc(-c3cccnc3)nc2C)[nH]c2c([nH]1)CCC/C2=C\C1CO1. The number of epoxide rings is 1. The molecule has 0 saturated carbocycles. The zero-order chi connectivity index (χ0) is 19.8. The Hall–Kier alpha value is -2.70. The van der Waals surface area contributed by atoms with Gasteiger partial charge in [-0.3, -0.25) is 4.98 Å². The van der Waals surface area contributed by atoms with Crippen molar-refractivity contribution in [3.8, 4) is 21.1 Å². The number of allylic oxidation sites excluding steroid dienone is 1. The number of aromatic amines is 2. The molecular weight excluding hydrogens is 380 g/mol. The maximum atomic E-state index is 5.46. The average Bonchev–Trinajstić information content (AvgIpc) is 3.45. The Bertz CT molecular complexity index is 1120. The fourth-order valence-corrected chi connectivity index (χ4v) is 4.82. The van der Waals surface area contributed by atoms with Crippen LogP contribution in [0, 0.1) is 13.8 Å². The number of rotatable bonds is 3. The average molecular weight is 405 g/mol. The summed E-state index contributed by atoms with van der Waals surface area (Å²) in [5.74, 6) is 0. The van der Waals surface area contributed by atoms with E-state index in [2.05, 4.69) is 53.1 Å². The van der Waals surface area contributed by atoms with Crippen molar-refractivity contribution in [2.45, 2.75) is 39.2 Å². The van der Waals surface area contributed by atoms with E-state index in [1.54, 1.807) is 17.5 Å². The lowest BCUT2D eigenvalue weighted by Gasteiger charge is -2.19. The number of thiazole rings is 1. The lowest BCUT2D eigenvalue weighted by Crippen LogP contribution is -2.07. The van der Waals surface area contributed by atoms with Gasteiger partial charge in [0.15, 0.2) is 0 Å². The fourth-order valence-electron chi connectivity index (χ4n) is 3.78. The molecule has 3 aromatic rings. The molecule has 29 heavy (non-hydrogen) atoms. The fraction of sp³-hybridized carbons (Fsp3) is 0.304. The molecule has 1 unspecified atom stereocenters. The standard InChI is InChI=1S/C23H24N4OS/c1-14-8-9-20(22-15(2)26-23(29-22)17-6-4-10-24-12-17)27-21-16(11-18-13-28-18)5-3-7-19(21)25-14/h4,6,8-12,18,25,27H,3,5,7,13H2,1-2H3/b14-8?,16-11+,20-9?. The molecule has 6 heteroatoms. The molecule has 2 N–H and O–H groups in total. The van der Waals surface area contributed by atoms with Crippen molar-refractivity contribution < 1.29 is 4.74 Å². The predicted molar refractivity (Wildman–Crippen MR) is 117 cm³/mol. The summed E-state index contributed by atoms with van der Waals surface area (Å²) in [6, 6.07) is 8.30. The lowest BCUT2D eigenvalue weighted by atomic mass is 9.94. The number of ether oxygens (including phenoxy) is 1. The van der Waals surface area contributed by atoms with Crippen molar-refractivity contribution in [3.05, 3.63) is 65.5 Å². The number of fused-ring (bicyclic) bond motifs is 1. The summed E-state index contributed by atoms with van der Waals surface area (Å²) in [5.41, 5.74) is 8.12. The zero-order valence-corrected chi connectivity index (χ0v) is 17.5. The minimum Gasteiger partial charge on any atom is -0.369 e. The minimum atomic E-state index is 0.274. The molecule has 1 atom stereocenters. The van der Waals surface area contributed by atoms with Crippen LogP contribution in [0.15, 0.2) is 42.7 Å². The summed E-state index contributed by atoms with van der Waals surface area (Å²) in [6.07, 6.45) is 9.49. The molecule has 4 heterocycles. The van der Waals surface area contributed by atoms with Crippen LogP contribution < -0.4 is 0 Å². The van der Waals surface area contributed by atoms with E-state index in [0.717, 1.165) is 58.4 Å². The third kappa shape index (κ3) is 3.91. The first-order chi connectivity index (χ1) is 14.2. The monoisotopic (exact) mass is 404 g/mol. The molecule has 3 aromatic heterocycles. The highest BCUT2D eigenvalue weighted by Crippen LogP contribution is 2.36. The first-order valence-corrected chi connectivity index (χ1v) is 10.9. The van der Waals surface area contributed by atoms with Gasteiger partial charge >= 0.3 is 0 Å². The van der Waals surface area contributed by atoms with Gasteiger partial charge in [-0.25, -0.2) is 4.98 Å². The van der Waals surface area contributed by atoms with E-state index in [-0.39, 0.29) is 6.10 Å². The summed E-state index contributed by atoms with van der Waals surface area (Å²) < 4.78 is 5.46. The van der Waals surface area contributed by atoms with E-state index in [1.165, 1.54) is 17.0 Å². The second-order valence-electron chi connectivity index (χ2n) is 7.63. The maximum absolute atomic E-state index is 5.46. The smallest absolute Gasteiger partial charge is 0.125 e. The molecule has 0 aromatic carbocycles. The van der Waals surface area contributed by atoms with E-state index < -0.39 is 0 Å². The number of H-pyrrole nitrogens is 2. The Kier molecular flexibility index (Phi) is 4.81. The van der Waals surface area contributed by atoms with Gasteiger partial charge in [0.1, 0.15) is 5.01 Å². The molecule has 5 nitrogen and oxygen atoms in total. The van der Waals surface area contributed by atoms with Crippen LogP contribution in [-0.2, 0) is 11.2 Å². The van der Waals surface area contributed by atoms with Crippen LogP contribution in [0.1, 0.15) is 35.6 Å². The maximum Gasteiger partial charge on any atom is 0.125 e. The van der Waals surface area contributed by atoms with Gasteiger partial charge in [0.05, 0.1) is 34.7 Å². The van der Waals surface area contributed by atoms with Gasteiger partial charge in [0.2, 0.25) is 0 Å². The molecule has 1 aliphatic carbocycles. The van der Waals surface area contributed by atoms with Crippen molar-refractivity contribution >= 4 is 16.9 Å². The van der Waals surface area contributed by atoms with Gasteiger partial charge in [-0.05, 0) is 69.0 Å². The van der Waals surface area contributed by atoms with Gasteiger partial charge in [-0.1, -0.05) is 0 Å². The second kappa shape index (κ2) is 7.61. The second-order valence-corrected chi connectivity index (χ2v) is 8.63. The van der Waals surface area contributed by atoms with E-state index in [0.29, 0.717) is 0 Å². The van der Waals surface area contributed by atoms with Gasteiger partial charge in [-0.15, -0.1) is 11.3 Å². The first-order valence-electron chi connectivity index (χ1n) is 10.0. The van der Waals surface area contributed by atoms with Crippen LogP contribution in [0.4, 0.5) is 0 Å². The molecule has 2 aliphatic rings. The van der Waals surface area contributed by atoms with Crippen LogP contribution in [0.3, 0.4) is 0 Å². The number of aromatic nitrogens is 4. The number of pyridine rings is 1. The highest BCUT2D eigenvalue weighted by molar-refractivity contribution is 7.18. The van der Waals surface area contributed by atoms with Crippen molar-refractivity contribution in [3.63, 3.8) is 0 Å². The summed E-state index contributed by atoms with van der Waals surface area (Å²) in [7, 11) is 0. The Morgan fingerprint density at radius 1 is 1.17 bits per heavy atom. The third-order valence-corrected chi connectivity index (χ3v) is 6.54. The number of aryl methyl sites for hydroxylation is 3. The van der Waals surface area contributed by atoms with Gasteiger partial charge < -0.3 is 14.7 Å². The van der Waals surface area contributed by atoms with E-state index in [4.69, 9.17) is 9.72 Å². The molecule has 1 fully saturated rings. The Morgan fingerprint density at radius 2 is 2.07 bits per heavy atom. The lowest BCUT2D eigenvalue weighted by molar-refractivity contribution is 0.440. The molecule has 0 spiro atoms. The quantitative estimate of drug-likeness (QED) is 0.575.